The molecule has 7 atom stereocenters. The van der Waals surface area contributed by atoms with Crippen molar-refractivity contribution < 1.29 is 30.3 Å². The number of aliphatic hydroxyl groups is 5. The number of nitrogens with one attached hydrogen (secondary N) is 2. The van der Waals surface area contributed by atoms with Gasteiger partial charge in [-0.3, -0.25) is 0 Å². The fraction of sp³-hybridized carbons (Fsp3) is 0.864. The average molecular weight is 446 g/mol. The molecule has 1 aliphatic rings. The predicted octanol–water partition coefficient (Wildman–Crippen LogP) is -0.0115. The fourth-order valence-corrected chi connectivity index (χ4v) is 4.40. The highest BCUT2D eigenvalue weighted by atomic mass is 16.4. The quantitative estimate of drug-likeness (QED) is 0.231. The van der Waals surface area contributed by atoms with Crippen LogP contribution in [0.5, 0.6) is 0 Å². The van der Waals surface area contributed by atoms with E-state index >= 15 is 0 Å². The molecule has 0 fully saturated rings. The predicted molar refractivity (Wildman–Crippen MR) is 119 cm³/mol. The summed E-state index contributed by atoms with van der Waals surface area (Å²) in [4.78, 5) is 11.5. The van der Waals surface area contributed by atoms with Crippen LogP contribution in [-0.4, -0.2) is 80.7 Å². The topological polar surface area (TPSA) is 168 Å². The van der Waals surface area contributed by atoms with E-state index in [0.29, 0.717) is 12.8 Å². The summed E-state index contributed by atoms with van der Waals surface area (Å²) < 4.78 is 0. The first-order valence-corrected chi connectivity index (χ1v) is 11.0. The van der Waals surface area contributed by atoms with Crippen LogP contribution in [0.4, 0.5) is 4.79 Å². The first-order valence-electron chi connectivity index (χ1n) is 11.0. The molecule has 0 saturated heterocycles. The molecule has 9 heteroatoms. The second-order valence-electron chi connectivity index (χ2n) is 10.7. The van der Waals surface area contributed by atoms with Crippen LogP contribution in [0.25, 0.3) is 0 Å². The van der Waals surface area contributed by atoms with Gasteiger partial charge in [-0.25, -0.2) is 4.79 Å². The molecule has 0 saturated carbocycles. The zero-order chi connectivity index (χ0) is 24.0. The van der Waals surface area contributed by atoms with Gasteiger partial charge in [0, 0.05) is 19.0 Å². The minimum atomic E-state index is -1.36. The number of allylic oxidation sites excluding steroid dienone is 1. The van der Waals surface area contributed by atoms with Crippen molar-refractivity contribution in [2.75, 3.05) is 6.54 Å². The Morgan fingerprint density at radius 3 is 2.29 bits per heavy atom. The first-order chi connectivity index (χ1) is 14.1. The summed E-state index contributed by atoms with van der Waals surface area (Å²) in [5.74, 6) is 0. The van der Waals surface area contributed by atoms with Crippen molar-refractivity contribution in [1.82, 2.24) is 10.6 Å². The summed E-state index contributed by atoms with van der Waals surface area (Å²) in [6.45, 7) is 10.2. The zero-order valence-corrected chi connectivity index (χ0v) is 19.5. The van der Waals surface area contributed by atoms with Crippen molar-refractivity contribution in [3.05, 3.63) is 12.2 Å². The minimum Gasteiger partial charge on any atom is -0.392 e. The lowest BCUT2D eigenvalue weighted by Gasteiger charge is -2.38. The maximum absolute atomic E-state index is 11.5. The molecule has 9 N–H and O–H groups in total. The molecule has 7 unspecified atom stereocenters. The number of carbonyl (C=O) groups excluding carboxylic acids is 1. The molecule has 0 aliphatic heterocycles. The molecular formula is C22H43N3O6. The number of hydrogen-bond acceptors (Lipinski definition) is 7. The van der Waals surface area contributed by atoms with Crippen LogP contribution < -0.4 is 16.4 Å². The van der Waals surface area contributed by atoms with Gasteiger partial charge in [-0.05, 0) is 30.1 Å². The van der Waals surface area contributed by atoms with Gasteiger partial charge < -0.3 is 41.9 Å². The third-order valence-corrected chi connectivity index (χ3v) is 5.83. The van der Waals surface area contributed by atoms with Crippen LogP contribution >= 0.6 is 0 Å². The lowest BCUT2D eigenvalue weighted by atomic mass is 9.71. The standard InChI is InChI=1S/C22H43N3O6/c1-21(2,3)12-22(4,5)17(28)10-16(27)14(25-20(23)31)11-24-13-8-6-7-9-15(26)19(30)18(13)29/h7,9,13-19,24,26-30H,6,8,10-12H2,1-5H3,(H3,23,25,31). The van der Waals surface area contributed by atoms with E-state index in [1.54, 1.807) is 6.08 Å². The third-order valence-electron chi connectivity index (χ3n) is 5.83. The molecule has 1 aliphatic carbocycles. The molecule has 31 heavy (non-hydrogen) atoms. The van der Waals surface area contributed by atoms with Crippen LogP contribution in [0.2, 0.25) is 0 Å². The Morgan fingerprint density at radius 1 is 1.13 bits per heavy atom. The minimum absolute atomic E-state index is 0.00391. The van der Waals surface area contributed by atoms with Crippen LogP contribution in [0.15, 0.2) is 12.2 Å². The monoisotopic (exact) mass is 445 g/mol. The van der Waals surface area contributed by atoms with Crippen LogP contribution in [0.3, 0.4) is 0 Å². The van der Waals surface area contributed by atoms with Gasteiger partial charge in [0.2, 0.25) is 0 Å². The zero-order valence-electron chi connectivity index (χ0n) is 19.5. The normalized spacial score (nSPS) is 28.3. The number of nitrogens with two attached hydrogens (primary N) is 1. The highest BCUT2D eigenvalue weighted by Gasteiger charge is 2.36. The third kappa shape index (κ3) is 9.43. The van der Waals surface area contributed by atoms with Gasteiger partial charge in [-0.2, -0.15) is 0 Å². The van der Waals surface area contributed by atoms with Crippen molar-refractivity contribution in [3.8, 4) is 0 Å². The van der Waals surface area contributed by atoms with Gasteiger partial charge in [-0.1, -0.05) is 46.8 Å². The van der Waals surface area contributed by atoms with Gasteiger partial charge in [-0.15, -0.1) is 0 Å². The smallest absolute Gasteiger partial charge is 0.312 e. The summed E-state index contributed by atoms with van der Waals surface area (Å²) in [6, 6.07) is -2.19. The highest BCUT2D eigenvalue weighted by molar-refractivity contribution is 5.72. The number of urea groups is 1. The van der Waals surface area contributed by atoms with Gasteiger partial charge in [0.25, 0.3) is 0 Å². The van der Waals surface area contributed by atoms with Crippen LogP contribution in [-0.2, 0) is 0 Å². The Bertz CT molecular complexity index is 592. The van der Waals surface area contributed by atoms with E-state index in [1.807, 2.05) is 13.8 Å². The van der Waals surface area contributed by atoms with Crippen molar-refractivity contribution in [2.24, 2.45) is 16.6 Å². The number of carbonyl (C=O) groups is 1. The molecule has 0 aromatic heterocycles. The Hall–Kier alpha value is -1.23. The summed E-state index contributed by atoms with van der Waals surface area (Å²) >= 11 is 0. The van der Waals surface area contributed by atoms with Crippen molar-refractivity contribution >= 4 is 6.03 Å². The molecule has 0 heterocycles. The lowest BCUT2D eigenvalue weighted by Crippen LogP contribution is -2.57. The second-order valence-corrected chi connectivity index (χ2v) is 10.7. The fourth-order valence-electron chi connectivity index (χ4n) is 4.40. The average Bonchev–Trinajstić information content (AvgIpc) is 2.61. The molecule has 0 aromatic carbocycles. The number of rotatable bonds is 9. The van der Waals surface area contributed by atoms with Crippen molar-refractivity contribution in [3.63, 3.8) is 0 Å². The van der Waals surface area contributed by atoms with Gasteiger partial charge in [0.1, 0.15) is 12.2 Å². The largest absolute Gasteiger partial charge is 0.392 e. The van der Waals surface area contributed by atoms with Crippen molar-refractivity contribution in [1.29, 1.82) is 0 Å². The summed E-state index contributed by atoms with van der Waals surface area (Å²) in [7, 11) is 0. The van der Waals surface area contributed by atoms with E-state index < -0.39 is 54.0 Å². The van der Waals surface area contributed by atoms with E-state index in [4.69, 9.17) is 5.73 Å². The lowest BCUT2D eigenvalue weighted by molar-refractivity contribution is -0.0598. The Labute approximate surface area is 185 Å². The Balaban J connectivity index is 2.81. The molecule has 0 aromatic rings. The second kappa shape index (κ2) is 11.6. The molecule has 0 spiro atoms. The van der Waals surface area contributed by atoms with E-state index in [9.17, 15) is 30.3 Å². The molecule has 9 nitrogen and oxygen atoms in total. The van der Waals surface area contributed by atoms with E-state index in [1.165, 1.54) is 6.08 Å². The molecule has 2 amide bonds. The first kappa shape index (κ1) is 27.8. The number of primary amides is 1. The maximum Gasteiger partial charge on any atom is 0.312 e. The number of aliphatic hydroxyl groups excluding tert-OH is 5. The molecule has 1 rings (SSSR count). The summed E-state index contributed by atoms with van der Waals surface area (Å²) in [5, 5.41) is 57.4. The maximum atomic E-state index is 11.5. The van der Waals surface area contributed by atoms with Crippen molar-refractivity contribution in [2.45, 2.75) is 103 Å². The Kier molecular flexibility index (Phi) is 10.4. The summed E-state index contributed by atoms with van der Waals surface area (Å²) in [6.07, 6.45) is -0.647. The highest BCUT2D eigenvalue weighted by Crippen LogP contribution is 2.37. The van der Waals surface area contributed by atoms with E-state index in [-0.39, 0.29) is 18.4 Å². The van der Waals surface area contributed by atoms with E-state index in [0.717, 1.165) is 6.42 Å². The molecule has 0 radical (unpaired) electrons. The number of amides is 2. The Morgan fingerprint density at radius 2 is 1.74 bits per heavy atom. The van der Waals surface area contributed by atoms with Crippen LogP contribution in [0, 0.1) is 10.8 Å². The number of hydrogen-bond donors (Lipinski definition) is 8. The SMILES string of the molecule is CC(C)(C)CC(C)(C)C(O)CC(O)C(CNC1CCC=CC(O)C(O)C1O)NC(N)=O. The molecule has 182 valence electrons. The van der Waals surface area contributed by atoms with E-state index in [2.05, 4.69) is 31.4 Å². The van der Waals surface area contributed by atoms with Gasteiger partial charge >= 0.3 is 6.03 Å². The molecule has 0 bridgehead atoms. The van der Waals surface area contributed by atoms with Crippen LogP contribution in [0.1, 0.15) is 60.3 Å². The summed E-state index contributed by atoms with van der Waals surface area (Å²) in [5.41, 5.74) is 4.81. The molecular weight excluding hydrogens is 402 g/mol. The van der Waals surface area contributed by atoms with Gasteiger partial charge in [0.15, 0.2) is 0 Å². The van der Waals surface area contributed by atoms with Gasteiger partial charge in [0.05, 0.1) is 24.4 Å².